The van der Waals surface area contributed by atoms with Crippen molar-refractivity contribution in [2.45, 2.75) is 19.9 Å². The Balaban J connectivity index is 1.86. The maximum Gasteiger partial charge on any atom is 0.225 e. The van der Waals surface area contributed by atoms with Crippen LogP contribution in [0, 0.1) is 12.7 Å². The van der Waals surface area contributed by atoms with E-state index in [9.17, 15) is 4.39 Å². The lowest BCUT2D eigenvalue weighted by Crippen LogP contribution is -2.04. The highest BCUT2D eigenvalue weighted by Crippen LogP contribution is 2.32. The van der Waals surface area contributed by atoms with Crippen molar-refractivity contribution in [3.63, 3.8) is 0 Å². The van der Waals surface area contributed by atoms with Gasteiger partial charge in [-0.3, -0.25) is 0 Å². The van der Waals surface area contributed by atoms with E-state index >= 15 is 0 Å². The van der Waals surface area contributed by atoms with Gasteiger partial charge in [0, 0.05) is 11.6 Å². The SMILES string of the molecule is COc1cc(C(C)Nc2nc3c(C)c(F)ccc3s2)sn1. The first-order valence-corrected chi connectivity index (χ1v) is 8.00. The van der Waals surface area contributed by atoms with Gasteiger partial charge in [-0.1, -0.05) is 11.3 Å². The molecule has 7 heteroatoms. The minimum atomic E-state index is -0.223. The number of nitrogens with one attached hydrogen (secondary N) is 1. The summed E-state index contributed by atoms with van der Waals surface area (Å²) in [6.07, 6.45) is 0. The standard InChI is InChI=1S/C14H14FN3OS2/c1-7-9(15)4-5-10-13(7)17-14(20-10)16-8(2)11-6-12(19-3)18-21-11/h4-6,8H,1-3H3,(H,16,17). The normalized spacial score (nSPS) is 12.6. The average Bonchev–Trinajstić information content (AvgIpc) is 3.09. The molecule has 110 valence electrons. The van der Waals surface area contributed by atoms with Crippen molar-refractivity contribution in [1.82, 2.24) is 9.36 Å². The lowest BCUT2D eigenvalue weighted by Gasteiger charge is -2.09. The zero-order valence-corrected chi connectivity index (χ0v) is 13.4. The first kappa shape index (κ1) is 14.2. The van der Waals surface area contributed by atoms with Crippen LogP contribution in [0.5, 0.6) is 5.88 Å². The Labute approximate surface area is 129 Å². The molecule has 4 nitrogen and oxygen atoms in total. The Bertz CT molecular complexity index is 784. The number of hydrogen-bond acceptors (Lipinski definition) is 6. The van der Waals surface area contributed by atoms with Crippen molar-refractivity contribution in [2.75, 3.05) is 12.4 Å². The molecule has 1 N–H and O–H groups in total. The first-order chi connectivity index (χ1) is 10.1. The number of rotatable bonds is 4. The minimum Gasteiger partial charge on any atom is -0.480 e. The predicted octanol–water partition coefficient (Wildman–Crippen LogP) is 4.38. The topological polar surface area (TPSA) is 47.0 Å². The van der Waals surface area contributed by atoms with Crippen molar-refractivity contribution in [2.24, 2.45) is 0 Å². The largest absolute Gasteiger partial charge is 0.480 e. The molecule has 0 saturated heterocycles. The molecule has 1 aromatic carbocycles. The summed E-state index contributed by atoms with van der Waals surface area (Å²) >= 11 is 2.91. The number of thiazole rings is 1. The highest BCUT2D eigenvalue weighted by atomic mass is 32.1. The molecule has 0 fully saturated rings. The molecule has 1 atom stereocenters. The van der Waals surface area contributed by atoms with E-state index in [-0.39, 0.29) is 11.9 Å². The van der Waals surface area contributed by atoms with Gasteiger partial charge in [0.15, 0.2) is 5.13 Å². The van der Waals surface area contributed by atoms with Crippen LogP contribution < -0.4 is 10.1 Å². The second-order valence-corrected chi connectivity index (χ2v) is 6.54. The van der Waals surface area contributed by atoms with Gasteiger partial charge in [-0.2, -0.15) is 4.37 Å². The molecule has 2 heterocycles. The van der Waals surface area contributed by atoms with Gasteiger partial charge in [0.25, 0.3) is 0 Å². The number of aryl methyl sites for hydroxylation is 1. The number of fused-ring (bicyclic) bond motifs is 1. The molecule has 2 aromatic heterocycles. The van der Waals surface area contributed by atoms with Crippen LogP contribution >= 0.6 is 22.9 Å². The quantitative estimate of drug-likeness (QED) is 0.774. The van der Waals surface area contributed by atoms with Crippen molar-refractivity contribution in [3.8, 4) is 5.88 Å². The third-order valence-corrected chi connectivity index (χ3v) is 5.14. The number of nitrogens with zero attached hydrogens (tertiary/aromatic N) is 2. The Morgan fingerprint density at radius 3 is 2.90 bits per heavy atom. The maximum atomic E-state index is 13.6. The van der Waals surface area contributed by atoms with Gasteiger partial charge < -0.3 is 10.1 Å². The van der Waals surface area contributed by atoms with Crippen LogP contribution in [0.15, 0.2) is 18.2 Å². The third kappa shape index (κ3) is 2.71. The van der Waals surface area contributed by atoms with Crippen LogP contribution in [0.2, 0.25) is 0 Å². The van der Waals surface area contributed by atoms with Crippen LogP contribution in [0.4, 0.5) is 9.52 Å². The molecule has 0 aliphatic carbocycles. The summed E-state index contributed by atoms with van der Waals surface area (Å²) in [5.74, 6) is 0.394. The molecule has 21 heavy (non-hydrogen) atoms. The summed E-state index contributed by atoms with van der Waals surface area (Å²) in [5, 5.41) is 4.11. The lowest BCUT2D eigenvalue weighted by molar-refractivity contribution is 0.402. The first-order valence-electron chi connectivity index (χ1n) is 6.41. The van der Waals surface area contributed by atoms with Gasteiger partial charge in [-0.05, 0) is 37.5 Å². The zero-order chi connectivity index (χ0) is 15.0. The summed E-state index contributed by atoms with van der Waals surface area (Å²) in [7, 11) is 1.60. The van der Waals surface area contributed by atoms with Gasteiger partial charge in [-0.15, -0.1) is 0 Å². The number of benzene rings is 1. The molecule has 3 rings (SSSR count). The van der Waals surface area contributed by atoms with Gasteiger partial charge in [0.05, 0.1) is 28.2 Å². The number of halogens is 1. The number of aromatic nitrogens is 2. The van der Waals surface area contributed by atoms with Crippen LogP contribution in [-0.2, 0) is 0 Å². The van der Waals surface area contributed by atoms with Crippen molar-refractivity contribution in [3.05, 3.63) is 34.5 Å². The molecular weight excluding hydrogens is 309 g/mol. The number of anilines is 1. The van der Waals surface area contributed by atoms with E-state index in [4.69, 9.17) is 4.74 Å². The van der Waals surface area contributed by atoms with E-state index in [0.29, 0.717) is 11.4 Å². The molecule has 0 radical (unpaired) electrons. The number of methoxy groups -OCH3 is 1. The summed E-state index contributed by atoms with van der Waals surface area (Å²) < 4.78 is 23.8. The molecule has 0 aliphatic rings. The van der Waals surface area contributed by atoms with Gasteiger partial charge in [-0.25, -0.2) is 9.37 Å². The fourth-order valence-electron chi connectivity index (χ4n) is 1.99. The summed E-state index contributed by atoms with van der Waals surface area (Å²) in [6.45, 7) is 3.78. The molecule has 0 saturated carbocycles. The maximum absolute atomic E-state index is 13.6. The zero-order valence-electron chi connectivity index (χ0n) is 11.8. The molecular formula is C14H14FN3OS2. The van der Waals surface area contributed by atoms with E-state index in [0.717, 1.165) is 20.2 Å². The molecule has 1 unspecified atom stereocenters. The number of hydrogen-bond donors (Lipinski definition) is 1. The highest BCUT2D eigenvalue weighted by molar-refractivity contribution is 7.22. The van der Waals surface area contributed by atoms with Crippen LogP contribution in [0.1, 0.15) is 23.4 Å². The summed E-state index contributed by atoms with van der Waals surface area (Å²) in [5.41, 5.74) is 1.31. The molecule has 3 aromatic rings. The Kier molecular flexibility index (Phi) is 3.77. The van der Waals surface area contributed by atoms with Crippen molar-refractivity contribution >= 4 is 38.2 Å². The smallest absolute Gasteiger partial charge is 0.225 e. The van der Waals surface area contributed by atoms with E-state index in [2.05, 4.69) is 14.7 Å². The summed E-state index contributed by atoms with van der Waals surface area (Å²) in [4.78, 5) is 5.55. The van der Waals surface area contributed by atoms with Gasteiger partial charge in [0.2, 0.25) is 5.88 Å². The van der Waals surface area contributed by atoms with Crippen LogP contribution in [0.3, 0.4) is 0 Å². The second kappa shape index (κ2) is 5.57. The fourth-order valence-corrected chi connectivity index (χ4v) is 3.70. The van der Waals surface area contributed by atoms with E-state index in [1.165, 1.54) is 28.9 Å². The van der Waals surface area contributed by atoms with E-state index in [1.807, 2.05) is 13.0 Å². The average molecular weight is 323 g/mol. The van der Waals surface area contributed by atoms with E-state index < -0.39 is 0 Å². The molecule has 0 amide bonds. The van der Waals surface area contributed by atoms with Gasteiger partial charge >= 0.3 is 0 Å². The third-order valence-electron chi connectivity index (χ3n) is 3.23. The summed E-state index contributed by atoms with van der Waals surface area (Å²) in [6, 6.07) is 5.22. The van der Waals surface area contributed by atoms with Crippen LogP contribution in [-0.4, -0.2) is 16.5 Å². The monoisotopic (exact) mass is 323 g/mol. The van der Waals surface area contributed by atoms with Crippen molar-refractivity contribution < 1.29 is 9.13 Å². The fraction of sp³-hybridized carbons (Fsp3) is 0.286. The number of ether oxygens (including phenoxy) is 1. The Hall–Kier alpha value is -1.73. The molecule has 0 aliphatic heterocycles. The van der Waals surface area contributed by atoms with Gasteiger partial charge in [0.1, 0.15) is 5.82 Å². The second-order valence-electron chi connectivity index (χ2n) is 4.68. The molecule has 0 spiro atoms. The van der Waals surface area contributed by atoms with Crippen molar-refractivity contribution in [1.29, 1.82) is 0 Å². The molecule has 0 bridgehead atoms. The van der Waals surface area contributed by atoms with E-state index in [1.54, 1.807) is 20.1 Å². The Morgan fingerprint density at radius 1 is 1.38 bits per heavy atom. The predicted molar refractivity (Wildman–Crippen MR) is 85.0 cm³/mol. The Morgan fingerprint density at radius 2 is 2.19 bits per heavy atom. The highest BCUT2D eigenvalue weighted by Gasteiger charge is 2.14. The minimum absolute atomic E-state index is 0.0668. The van der Waals surface area contributed by atoms with Crippen LogP contribution in [0.25, 0.3) is 10.2 Å². The lowest BCUT2D eigenvalue weighted by atomic mass is 10.2.